The molecule has 0 aliphatic heterocycles. The Morgan fingerprint density at radius 3 is 2.50 bits per heavy atom. The van der Waals surface area contributed by atoms with Crippen LogP contribution in [0.15, 0.2) is 47.4 Å². The van der Waals surface area contributed by atoms with E-state index < -0.39 is 10.1 Å². The summed E-state index contributed by atoms with van der Waals surface area (Å²) in [7, 11) is -4.38. The Morgan fingerprint density at radius 1 is 1.04 bits per heavy atom. The van der Waals surface area contributed by atoms with E-state index in [1.165, 1.54) is 30.7 Å². The Morgan fingerprint density at radius 2 is 1.79 bits per heavy atom. The van der Waals surface area contributed by atoms with Gasteiger partial charge in [-0.05, 0) is 42.7 Å². The molecular formula is C18H22O5S. The molecular weight excluding hydrogens is 328 g/mol. The minimum absolute atomic E-state index is 0.0162. The van der Waals surface area contributed by atoms with Crippen LogP contribution in [0.4, 0.5) is 0 Å². The number of aromatic hydroxyl groups is 1. The molecule has 0 amide bonds. The highest BCUT2D eigenvalue weighted by molar-refractivity contribution is 7.86. The molecule has 2 N–H and O–H groups in total. The third-order valence-corrected chi connectivity index (χ3v) is 4.52. The van der Waals surface area contributed by atoms with Crippen molar-refractivity contribution >= 4 is 10.1 Å². The second-order valence-electron chi connectivity index (χ2n) is 5.67. The van der Waals surface area contributed by atoms with Crippen molar-refractivity contribution in [3.63, 3.8) is 0 Å². The summed E-state index contributed by atoms with van der Waals surface area (Å²) in [5.41, 5.74) is 0.922. The summed E-state index contributed by atoms with van der Waals surface area (Å²) in [6, 6.07) is 10.7. The van der Waals surface area contributed by atoms with Gasteiger partial charge < -0.3 is 9.84 Å². The molecule has 5 nitrogen and oxygen atoms in total. The van der Waals surface area contributed by atoms with E-state index in [1.54, 1.807) is 18.2 Å². The molecule has 2 aromatic rings. The maximum absolute atomic E-state index is 11.4. The number of rotatable bonds is 8. The van der Waals surface area contributed by atoms with Crippen LogP contribution in [0.5, 0.6) is 17.2 Å². The van der Waals surface area contributed by atoms with Crippen molar-refractivity contribution < 1.29 is 22.8 Å². The molecule has 0 saturated heterocycles. The second-order valence-corrected chi connectivity index (χ2v) is 7.06. The molecule has 2 aromatic carbocycles. The van der Waals surface area contributed by atoms with Crippen molar-refractivity contribution in [1.82, 2.24) is 0 Å². The van der Waals surface area contributed by atoms with Crippen LogP contribution in [-0.4, -0.2) is 18.1 Å². The monoisotopic (exact) mass is 350 g/mol. The number of unbranched alkanes of at least 4 members (excludes halogenated alkanes) is 3. The van der Waals surface area contributed by atoms with E-state index in [9.17, 15) is 18.1 Å². The minimum Gasteiger partial charge on any atom is -0.508 e. The summed E-state index contributed by atoms with van der Waals surface area (Å²) >= 11 is 0. The first-order valence-electron chi connectivity index (χ1n) is 7.97. The number of phenolic OH excluding ortho intramolecular Hbond substituents is 1. The summed E-state index contributed by atoms with van der Waals surface area (Å²) in [6.07, 6.45) is 5.27. The van der Waals surface area contributed by atoms with Crippen LogP contribution in [-0.2, 0) is 16.5 Å². The first-order chi connectivity index (χ1) is 11.4. The first kappa shape index (κ1) is 18.3. The molecule has 0 aliphatic carbocycles. The summed E-state index contributed by atoms with van der Waals surface area (Å²) in [4.78, 5) is -0.308. The normalized spacial score (nSPS) is 11.4. The molecule has 0 saturated carbocycles. The van der Waals surface area contributed by atoms with Crippen LogP contribution in [0.2, 0.25) is 0 Å². The number of para-hydroxylation sites is 1. The lowest BCUT2D eigenvalue weighted by Gasteiger charge is -2.11. The van der Waals surface area contributed by atoms with E-state index in [1.807, 2.05) is 0 Å². The molecule has 0 heterocycles. The van der Waals surface area contributed by atoms with Gasteiger partial charge in [0, 0.05) is 6.07 Å². The van der Waals surface area contributed by atoms with E-state index in [4.69, 9.17) is 4.74 Å². The molecule has 2 rings (SSSR count). The third kappa shape index (κ3) is 5.25. The zero-order chi connectivity index (χ0) is 17.6. The van der Waals surface area contributed by atoms with Crippen LogP contribution in [0.25, 0.3) is 0 Å². The van der Waals surface area contributed by atoms with Crippen LogP contribution in [0.3, 0.4) is 0 Å². The quantitative estimate of drug-likeness (QED) is 0.539. The first-order valence-corrected chi connectivity index (χ1v) is 9.41. The zero-order valence-electron chi connectivity index (χ0n) is 13.6. The third-order valence-electron chi connectivity index (χ3n) is 3.62. The van der Waals surface area contributed by atoms with E-state index in [-0.39, 0.29) is 16.4 Å². The van der Waals surface area contributed by atoms with Gasteiger partial charge in [0.15, 0.2) is 0 Å². The fourth-order valence-electron chi connectivity index (χ4n) is 2.48. The molecule has 0 bridgehead atoms. The Balaban J connectivity index is 2.20. The summed E-state index contributed by atoms with van der Waals surface area (Å²) in [6.45, 7) is 2.15. The average molecular weight is 350 g/mol. The van der Waals surface area contributed by atoms with Crippen LogP contribution in [0.1, 0.15) is 38.2 Å². The molecule has 0 radical (unpaired) electrons. The standard InChI is InChI=1S/C18H22O5S/c1-2-3-4-5-8-14-11-15(19)13-16(12-14)23-17-9-6-7-10-18(17)24(20,21)22/h6-7,9-13,19H,2-5,8H2,1H3,(H,20,21,22). The van der Waals surface area contributed by atoms with Gasteiger partial charge in [-0.25, -0.2) is 0 Å². The van der Waals surface area contributed by atoms with Gasteiger partial charge in [0.2, 0.25) is 0 Å². The summed E-state index contributed by atoms with van der Waals surface area (Å²) in [5.74, 6) is 0.404. The summed E-state index contributed by atoms with van der Waals surface area (Å²) in [5, 5.41) is 9.86. The maximum Gasteiger partial charge on any atom is 0.298 e. The number of benzene rings is 2. The number of phenols is 1. The second kappa shape index (κ2) is 8.17. The van der Waals surface area contributed by atoms with Gasteiger partial charge in [0.05, 0.1) is 0 Å². The van der Waals surface area contributed by atoms with Crippen molar-refractivity contribution in [3.05, 3.63) is 48.0 Å². The van der Waals surface area contributed by atoms with E-state index in [0.29, 0.717) is 5.75 Å². The lowest BCUT2D eigenvalue weighted by atomic mass is 10.1. The number of hydrogen-bond acceptors (Lipinski definition) is 4. The van der Waals surface area contributed by atoms with Gasteiger partial charge in [-0.15, -0.1) is 0 Å². The molecule has 0 atom stereocenters. The highest BCUT2D eigenvalue weighted by Gasteiger charge is 2.16. The highest BCUT2D eigenvalue weighted by atomic mass is 32.2. The molecule has 0 unspecified atom stereocenters. The maximum atomic E-state index is 11.4. The topological polar surface area (TPSA) is 83.8 Å². The minimum atomic E-state index is -4.38. The molecule has 130 valence electrons. The molecule has 0 aromatic heterocycles. The largest absolute Gasteiger partial charge is 0.508 e. The zero-order valence-corrected chi connectivity index (χ0v) is 14.4. The predicted molar refractivity (Wildman–Crippen MR) is 92.3 cm³/mol. The highest BCUT2D eigenvalue weighted by Crippen LogP contribution is 2.31. The Labute approximate surface area is 142 Å². The number of aryl methyl sites for hydroxylation is 1. The van der Waals surface area contributed by atoms with E-state index in [0.717, 1.165) is 31.2 Å². The Kier molecular flexibility index (Phi) is 6.23. The predicted octanol–water partition coefficient (Wildman–Crippen LogP) is 4.55. The molecule has 24 heavy (non-hydrogen) atoms. The van der Waals surface area contributed by atoms with Crippen molar-refractivity contribution in [2.24, 2.45) is 0 Å². The van der Waals surface area contributed by atoms with Crippen molar-refractivity contribution in [1.29, 1.82) is 0 Å². The molecule has 0 aliphatic rings. The van der Waals surface area contributed by atoms with E-state index >= 15 is 0 Å². The fourth-order valence-corrected chi connectivity index (χ4v) is 3.09. The SMILES string of the molecule is CCCCCCc1cc(O)cc(Oc2ccccc2S(=O)(=O)O)c1. The average Bonchev–Trinajstić information content (AvgIpc) is 2.50. The van der Waals surface area contributed by atoms with Gasteiger partial charge in [-0.2, -0.15) is 8.42 Å². The lowest BCUT2D eigenvalue weighted by Crippen LogP contribution is -2.01. The molecule has 0 fully saturated rings. The smallest absolute Gasteiger partial charge is 0.298 e. The van der Waals surface area contributed by atoms with Gasteiger partial charge >= 0.3 is 0 Å². The van der Waals surface area contributed by atoms with Crippen molar-refractivity contribution in [3.8, 4) is 17.2 Å². The fraction of sp³-hybridized carbons (Fsp3) is 0.333. The molecule has 6 heteroatoms. The van der Waals surface area contributed by atoms with Crippen molar-refractivity contribution in [2.45, 2.75) is 43.9 Å². The van der Waals surface area contributed by atoms with E-state index in [2.05, 4.69) is 6.92 Å². The van der Waals surface area contributed by atoms with Gasteiger partial charge in [-0.1, -0.05) is 38.3 Å². The van der Waals surface area contributed by atoms with Crippen LogP contribution in [0, 0.1) is 0 Å². The number of hydrogen-bond donors (Lipinski definition) is 2. The van der Waals surface area contributed by atoms with Gasteiger partial charge in [0.1, 0.15) is 22.1 Å². The van der Waals surface area contributed by atoms with Crippen LogP contribution < -0.4 is 4.74 Å². The van der Waals surface area contributed by atoms with Crippen LogP contribution >= 0.6 is 0 Å². The van der Waals surface area contributed by atoms with Crippen molar-refractivity contribution in [2.75, 3.05) is 0 Å². The Hall–Kier alpha value is -2.05. The Bertz CT molecular complexity index is 784. The lowest BCUT2D eigenvalue weighted by molar-refractivity contribution is 0.439. The van der Waals surface area contributed by atoms with Gasteiger partial charge in [-0.3, -0.25) is 4.55 Å². The molecule has 0 spiro atoms. The summed E-state index contributed by atoms with van der Waals surface area (Å²) < 4.78 is 37.7. The number of ether oxygens (including phenoxy) is 1. The van der Waals surface area contributed by atoms with Gasteiger partial charge in [0.25, 0.3) is 10.1 Å².